The molecule has 0 spiro atoms. The van der Waals surface area contributed by atoms with Crippen LogP contribution in [0.4, 0.5) is 10.1 Å². The number of hydrogen-bond donors (Lipinski definition) is 0. The minimum Gasteiger partial charge on any atom is -0.487 e. The van der Waals surface area contributed by atoms with E-state index in [0.717, 1.165) is 0 Å². The largest absolute Gasteiger partial charge is 0.487 e. The van der Waals surface area contributed by atoms with Crippen LogP contribution in [0, 0.1) is 15.9 Å². The Hall–Kier alpha value is -1.45. The minimum atomic E-state index is -4.42. The fourth-order valence-electron chi connectivity index (χ4n) is 1.50. The summed E-state index contributed by atoms with van der Waals surface area (Å²) in [6.07, 6.45) is 1.21. The average molecular weight is 342 g/mol. The molecule has 0 radical (unpaired) electrons. The predicted molar refractivity (Wildman–Crippen MR) is 72.7 cm³/mol. The molecule has 1 aromatic rings. The summed E-state index contributed by atoms with van der Waals surface area (Å²) in [6, 6.07) is 1.19. The van der Waals surface area contributed by atoms with Gasteiger partial charge in [0.05, 0.1) is 11.5 Å². The summed E-state index contributed by atoms with van der Waals surface area (Å²) < 4.78 is 45.8. The van der Waals surface area contributed by atoms with Crippen LogP contribution in [0.25, 0.3) is 0 Å². The van der Waals surface area contributed by atoms with Gasteiger partial charge in [0.2, 0.25) is 0 Å². The normalized spacial score (nSPS) is 11.4. The van der Waals surface area contributed by atoms with Crippen LogP contribution in [0.1, 0.15) is 12.8 Å². The van der Waals surface area contributed by atoms with Gasteiger partial charge in [-0.25, -0.2) is 12.8 Å². The van der Waals surface area contributed by atoms with Gasteiger partial charge < -0.3 is 9.47 Å². The molecule has 7 nitrogen and oxygen atoms in total. The molecule has 0 aliphatic carbocycles. The molecule has 0 N–H and O–H groups in total. The zero-order valence-corrected chi connectivity index (χ0v) is 12.6. The SMILES string of the molecule is COCCCCOc1cc(F)c(S(=O)(=O)Cl)cc1[N+](=O)[O-]. The molecular formula is C11H13ClFNO6S. The van der Waals surface area contributed by atoms with Crippen molar-refractivity contribution < 1.29 is 27.2 Å². The monoisotopic (exact) mass is 341 g/mol. The molecular weight excluding hydrogens is 329 g/mol. The van der Waals surface area contributed by atoms with Gasteiger partial charge >= 0.3 is 5.69 Å². The highest BCUT2D eigenvalue weighted by Gasteiger charge is 2.25. The first kappa shape index (κ1) is 17.6. The van der Waals surface area contributed by atoms with E-state index in [-0.39, 0.29) is 12.4 Å². The Morgan fingerprint density at radius 2 is 1.95 bits per heavy atom. The molecule has 0 aliphatic heterocycles. The number of benzene rings is 1. The van der Waals surface area contributed by atoms with E-state index in [1.165, 1.54) is 7.11 Å². The van der Waals surface area contributed by atoms with Crippen LogP contribution in [0.15, 0.2) is 17.0 Å². The third kappa shape index (κ3) is 5.10. The molecule has 1 aromatic carbocycles. The van der Waals surface area contributed by atoms with Crippen molar-refractivity contribution in [1.29, 1.82) is 0 Å². The van der Waals surface area contributed by atoms with E-state index in [4.69, 9.17) is 20.2 Å². The van der Waals surface area contributed by atoms with Gasteiger partial charge in [0.15, 0.2) is 5.75 Å². The first-order chi connectivity index (χ1) is 9.77. The summed E-state index contributed by atoms with van der Waals surface area (Å²) in [5.74, 6) is -1.55. The van der Waals surface area contributed by atoms with Crippen molar-refractivity contribution in [2.75, 3.05) is 20.3 Å². The Morgan fingerprint density at radius 1 is 1.33 bits per heavy atom. The second-order valence-electron chi connectivity index (χ2n) is 3.99. The van der Waals surface area contributed by atoms with E-state index in [2.05, 4.69) is 0 Å². The summed E-state index contributed by atoms with van der Waals surface area (Å²) >= 11 is 0. The maximum absolute atomic E-state index is 13.6. The topological polar surface area (TPSA) is 95.7 Å². The highest BCUT2D eigenvalue weighted by molar-refractivity contribution is 8.13. The number of nitro benzene ring substituents is 1. The Kier molecular flexibility index (Phi) is 6.31. The molecule has 0 atom stereocenters. The van der Waals surface area contributed by atoms with Crippen molar-refractivity contribution in [3.63, 3.8) is 0 Å². The highest BCUT2D eigenvalue weighted by Crippen LogP contribution is 2.33. The van der Waals surface area contributed by atoms with Crippen LogP contribution in [-0.2, 0) is 13.8 Å². The number of methoxy groups -OCH3 is 1. The fourth-order valence-corrected chi connectivity index (χ4v) is 2.40. The van der Waals surface area contributed by atoms with Crippen LogP contribution in [0.2, 0.25) is 0 Å². The summed E-state index contributed by atoms with van der Waals surface area (Å²) in [5, 5.41) is 10.9. The van der Waals surface area contributed by atoms with Gasteiger partial charge in [-0.2, -0.15) is 0 Å². The van der Waals surface area contributed by atoms with E-state index in [1.54, 1.807) is 0 Å². The molecule has 10 heteroatoms. The Bertz CT molecular complexity index is 621. The van der Waals surface area contributed by atoms with E-state index in [0.29, 0.717) is 31.6 Å². The first-order valence-electron chi connectivity index (χ1n) is 5.81. The standard InChI is InChI=1S/C11H13ClFNO6S/c1-19-4-2-3-5-20-10-6-8(13)11(21(12,17)18)7-9(10)14(15)16/h6-7H,2-5H2,1H3. The van der Waals surface area contributed by atoms with Gasteiger partial charge in [0, 0.05) is 36.5 Å². The second-order valence-corrected chi connectivity index (χ2v) is 6.53. The molecule has 0 saturated heterocycles. The lowest BCUT2D eigenvalue weighted by Crippen LogP contribution is -2.05. The maximum atomic E-state index is 13.6. The van der Waals surface area contributed by atoms with Crippen LogP contribution in [-0.4, -0.2) is 33.7 Å². The Balaban J connectivity index is 2.99. The quantitative estimate of drug-likeness (QED) is 0.312. The Labute approximate surface area is 125 Å². The van der Waals surface area contributed by atoms with Gasteiger partial charge in [-0.1, -0.05) is 0 Å². The third-order valence-corrected chi connectivity index (χ3v) is 3.81. The maximum Gasteiger partial charge on any atom is 0.312 e. The lowest BCUT2D eigenvalue weighted by atomic mass is 10.3. The van der Waals surface area contributed by atoms with Gasteiger partial charge in [0.1, 0.15) is 10.7 Å². The lowest BCUT2D eigenvalue weighted by Gasteiger charge is -2.08. The molecule has 21 heavy (non-hydrogen) atoms. The van der Waals surface area contributed by atoms with E-state index < -0.39 is 30.4 Å². The second kappa shape index (κ2) is 7.53. The Morgan fingerprint density at radius 3 is 2.48 bits per heavy atom. The number of nitro groups is 1. The zero-order valence-electron chi connectivity index (χ0n) is 11.0. The lowest BCUT2D eigenvalue weighted by molar-refractivity contribution is -0.386. The van der Waals surface area contributed by atoms with E-state index in [1.807, 2.05) is 0 Å². The van der Waals surface area contributed by atoms with Crippen LogP contribution in [0.5, 0.6) is 5.75 Å². The summed E-state index contributed by atoms with van der Waals surface area (Å²) in [6.45, 7) is 0.611. The van der Waals surface area contributed by atoms with Gasteiger partial charge in [-0.15, -0.1) is 0 Å². The molecule has 0 heterocycles. The zero-order chi connectivity index (χ0) is 16.0. The van der Waals surface area contributed by atoms with Gasteiger partial charge in [0.25, 0.3) is 9.05 Å². The number of nitrogens with zero attached hydrogens (tertiary/aromatic N) is 1. The number of halogens is 2. The van der Waals surface area contributed by atoms with E-state index in [9.17, 15) is 22.9 Å². The van der Waals surface area contributed by atoms with Crippen LogP contribution < -0.4 is 4.74 Å². The van der Waals surface area contributed by atoms with Crippen LogP contribution >= 0.6 is 10.7 Å². The number of hydrogen-bond acceptors (Lipinski definition) is 6. The molecule has 0 saturated carbocycles. The van der Waals surface area contributed by atoms with Crippen molar-refractivity contribution in [3.8, 4) is 5.75 Å². The average Bonchev–Trinajstić information content (AvgIpc) is 2.36. The molecule has 118 valence electrons. The smallest absolute Gasteiger partial charge is 0.312 e. The number of unbranched alkanes of at least 4 members (excludes halogenated alkanes) is 1. The molecule has 0 aromatic heterocycles. The number of ether oxygens (including phenoxy) is 2. The van der Waals surface area contributed by atoms with Crippen molar-refractivity contribution in [2.45, 2.75) is 17.7 Å². The summed E-state index contributed by atoms with van der Waals surface area (Å²) in [7, 11) is 2.13. The molecule has 0 bridgehead atoms. The van der Waals surface area contributed by atoms with Crippen molar-refractivity contribution in [2.24, 2.45) is 0 Å². The van der Waals surface area contributed by atoms with Crippen molar-refractivity contribution in [3.05, 3.63) is 28.1 Å². The van der Waals surface area contributed by atoms with Gasteiger partial charge in [-0.05, 0) is 12.8 Å². The van der Waals surface area contributed by atoms with E-state index >= 15 is 0 Å². The van der Waals surface area contributed by atoms with Crippen molar-refractivity contribution in [1.82, 2.24) is 0 Å². The third-order valence-electron chi connectivity index (χ3n) is 2.47. The fraction of sp³-hybridized carbons (Fsp3) is 0.455. The van der Waals surface area contributed by atoms with Crippen LogP contribution in [0.3, 0.4) is 0 Å². The number of rotatable bonds is 8. The molecule has 0 amide bonds. The van der Waals surface area contributed by atoms with Crippen molar-refractivity contribution >= 4 is 25.4 Å². The molecule has 0 unspecified atom stereocenters. The first-order valence-corrected chi connectivity index (χ1v) is 8.12. The highest BCUT2D eigenvalue weighted by atomic mass is 35.7. The molecule has 0 fully saturated rings. The minimum absolute atomic E-state index is 0.108. The van der Waals surface area contributed by atoms with Gasteiger partial charge in [-0.3, -0.25) is 10.1 Å². The summed E-state index contributed by atoms with van der Waals surface area (Å²) in [5.41, 5.74) is -0.664. The molecule has 0 aliphatic rings. The molecule has 1 rings (SSSR count). The predicted octanol–water partition coefficient (Wildman–Crippen LogP) is 2.47. The summed E-state index contributed by atoms with van der Waals surface area (Å²) in [4.78, 5) is 9.07.